The summed E-state index contributed by atoms with van der Waals surface area (Å²) in [5.41, 5.74) is 3.73. The van der Waals surface area contributed by atoms with Crippen LogP contribution in [0.4, 0.5) is 4.39 Å². The number of hydrogen-bond donors (Lipinski definition) is 1. The molecule has 30 heavy (non-hydrogen) atoms. The SMILES string of the molecule is CC.C\C=C/C(Cl)=C\C=C(C)\C=N\N(Cc1ccc(F)c(C)c1)/C(=C/C)CCNC. The molecule has 0 saturated heterocycles. The summed E-state index contributed by atoms with van der Waals surface area (Å²) >= 11 is 6.08. The van der Waals surface area contributed by atoms with Crippen LogP contribution in [-0.2, 0) is 6.54 Å². The predicted molar refractivity (Wildman–Crippen MR) is 131 cm³/mol. The summed E-state index contributed by atoms with van der Waals surface area (Å²) in [6.45, 7) is 13.1. The first-order valence-electron chi connectivity index (χ1n) is 10.4. The zero-order valence-corrected chi connectivity index (χ0v) is 20.2. The van der Waals surface area contributed by atoms with E-state index < -0.39 is 0 Å². The van der Waals surface area contributed by atoms with Crippen molar-refractivity contribution in [3.63, 3.8) is 0 Å². The van der Waals surface area contributed by atoms with Gasteiger partial charge in [-0.3, -0.25) is 5.01 Å². The van der Waals surface area contributed by atoms with Crippen molar-refractivity contribution in [3.05, 3.63) is 81.8 Å². The van der Waals surface area contributed by atoms with Crippen LogP contribution < -0.4 is 5.32 Å². The lowest BCUT2D eigenvalue weighted by molar-refractivity contribution is 0.343. The fraction of sp³-hybridized carbons (Fsp3) is 0.400. The lowest BCUT2D eigenvalue weighted by atomic mass is 10.1. The monoisotopic (exact) mass is 433 g/mol. The smallest absolute Gasteiger partial charge is 0.126 e. The van der Waals surface area contributed by atoms with Gasteiger partial charge in [0.25, 0.3) is 0 Å². The molecule has 166 valence electrons. The predicted octanol–water partition coefficient (Wildman–Crippen LogP) is 7.11. The Kier molecular flexibility index (Phi) is 15.4. The fourth-order valence-electron chi connectivity index (χ4n) is 2.50. The standard InChI is InChI=1S/C23H31ClFN3.C2H6/c1-6-8-21(24)11-9-18(3)16-27-28(22(7-2)13-14-26-5)17-20-10-12-23(25)19(4)15-20;1-2/h6-12,15-16,26H,13-14,17H2,1-5H3;1-2H3/b8-6-,18-9+,21-11+,22-7+,27-16+;. The molecule has 1 aromatic carbocycles. The van der Waals surface area contributed by atoms with Crippen LogP contribution in [-0.4, -0.2) is 24.8 Å². The molecule has 0 heterocycles. The number of allylic oxidation sites excluding steroid dienone is 7. The maximum atomic E-state index is 13.6. The van der Waals surface area contributed by atoms with Gasteiger partial charge in [0.1, 0.15) is 5.82 Å². The molecule has 0 aliphatic rings. The molecule has 1 N–H and O–H groups in total. The highest BCUT2D eigenvalue weighted by Crippen LogP contribution is 2.17. The van der Waals surface area contributed by atoms with E-state index in [0.717, 1.165) is 29.8 Å². The van der Waals surface area contributed by atoms with Crippen molar-refractivity contribution in [2.45, 2.75) is 54.5 Å². The van der Waals surface area contributed by atoms with Crippen molar-refractivity contribution in [2.24, 2.45) is 5.10 Å². The van der Waals surface area contributed by atoms with Crippen molar-refractivity contribution in [2.75, 3.05) is 13.6 Å². The lowest BCUT2D eigenvalue weighted by Gasteiger charge is -2.23. The summed E-state index contributed by atoms with van der Waals surface area (Å²) in [5.74, 6) is -0.191. The molecule has 1 rings (SSSR count). The average molecular weight is 434 g/mol. The summed E-state index contributed by atoms with van der Waals surface area (Å²) in [5, 5.41) is 10.5. The Labute approximate surface area is 187 Å². The maximum Gasteiger partial charge on any atom is 0.126 e. The number of benzene rings is 1. The third-order valence-corrected chi connectivity index (χ3v) is 4.33. The van der Waals surface area contributed by atoms with E-state index in [1.165, 1.54) is 6.07 Å². The Morgan fingerprint density at radius 3 is 2.50 bits per heavy atom. The van der Waals surface area contributed by atoms with Gasteiger partial charge >= 0.3 is 0 Å². The topological polar surface area (TPSA) is 27.6 Å². The van der Waals surface area contributed by atoms with E-state index in [4.69, 9.17) is 11.6 Å². The summed E-state index contributed by atoms with van der Waals surface area (Å²) < 4.78 is 13.6. The Bertz CT molecular complexity index is 777. The third kappa shape index (κ3) is 11.1. The van der Waals surface area contributed by atoms with Crippen molar-refractivity contribution >= 4 is 17.8 Å². The van der Waals surface area contributed by atoms with Crippen molar-refractivity contribution in [1.82, 2.24) is 10.3 Å². The van der Waals surface area contributed by atoms with E-state index in [0.29, 0.717) is 17.1 Å². The van der Waals surface area contributed by atoms with Gasteiger partial charge in [-0.05, 0) is 69.7 Å². The number of nitrogens with zero attached hydrogens (tertiary/aromatic N) is 2. The second-order valence-electron chi connectivity index (χ2n) is 6.48. The number of rotatable bonds is 10. The van der Waals surface area contributed by atoms with Gasteiger partial charge in [0.2, 0.25) is 0 Å². The van der Waals surface area contributed by atoms with Gasteiger partial charge in [0.05, 0.1) is 12.8 Å². The molecule has 0 spiro atoms. The highest BCUT2D eigenvalue weighted by atomic mass is 35.5. The minimum atomic E-state index is -0.191. The summed E-state index contributed by atoms with van der Waals surface area (Å²) in [7, 11) is 1.93. The molecule has 0 aliphatic carbocycles. The first-order valence-corrected chi connectivity index (χ1v) is 10.8. The molecule has 1 aromatic rings. The highest BCUT2D eigenvalue weighted by Gasteiger charge is 2.09. The molecule has 0 amide bonds. The van der Waals surface area contributed by atoms with Gasteiger partial charge in [-0.1, -0.05) is 55.8 Å². The second kappa shape index (κ2) is 16.6. The first kappa shape index (κ1) is 27.8. The summed E-state index contributed by atoms with van der Waals surface area (Å²) in [4.78, 5) is 0. The molecule has 5 heteroatoms. The molecule has 0 radical (unpaired) electrons. The Hall–Kier alpha value is -2.17. The number of nitrogens with one attached hydrogen (secondary N) is 1. The Balaban J connectivity index is 0.00000407. The zero-order valence-electron chi connectivity index (χ0n) is 19.5. The molecule has 0 bridgehead atoms. The molecule has 0 aliphatic heterocycles. The van der Waals surface area contributed by atoms with Crippen LogP contribution in [0.25, 0.3) is 0 Å². The van der Waals surface area contributed by atoms with Gasteiger partial charge in [0, 0.05) is 23.7 Å². The van der Waals surface area contributed by atoms with E-state index >= 15 is 0 Å². The molecule has 0 atom stereocenters. The number of aryl methyl sites for hydroxylation is 1. The molecule has 0 unspecified atom stereocenters. The quantitative estimate of drug-likeness (QED) is 0.242. The molecule has 3 nitrogen and oxygen atoms in total. The number of hydrogen-bond acceptors (Lipinski definition) is 3. The van der Waals surface area contributed by atoms with E-state index in [9.17, 15) is 4.39 Å². The molecule has 0 saturated carbocycles. The van der Waals surface area contributed by atoms with Crippen LogP contribution >= 0.6 is 11.6 Å². The van der Waals surface area contributed by atoms with Gasteiger partial charge in [-0.25, -0.2) is 4.39 Å². The van der Waals surface area contributed by atoms with Crippen LogP contribution in [0.1, 0.15) is 52.2 Å². The van der Waals surface area contributed by atoms with E-state index in [2.05, 4.69) is 16.5 Å². The minimum Gasteiger partial charge on any atom is -0.319 e. The first-order chi connectivity index (χ1) is 14.4. The van der Waals surface area contributed by atoms with Crippen LogP contribution in [0.3, 0.4) is 0 Å². The van der Waals surface area contributed by atoms with Gasteiger partial charge in [-0.15, -0.1) is 0 Å². The maximum absolute atomic E-state index is 13.6. The molecule has 0 fully saturated rings. The number of hydrazone groups is 1. The van der Waals surface area contributed by atoms with E-state index in [-0.39, 0.29) is 5.82 Å². The zero-order chi connectivity index (χ0) is 22.9. The third-order valence-electron chi connectivity index (χ3n) is 4.08. The largest absolute Gasteiger partial charge is 0.319 e. The summed E-state index contributed by atoms with van der Waals surface area (Å²) in [6, 6.07) is 5.18. The normalized spacial score (nSPS) is 13.0. The number of halogens is 2. The highest BCUT2D eigenvalue weighted by molar-refractivity contribution is 6.31. The Morgan fingerprint density at radius 2 is 1.93 bits per heavy atom. The minimum absolute atomic E-state index is 0.191. The van der Waals surface area contributed by atoms with Crippen molar-refractivity contribution in [1.29, 1.82) is 0 Å². The van der Waals surface area contributed by atoms with E-state index in [1.807, 2.05) is 83.3 Å². The van der Waals surface area contributed by atoms with Crippen LogP contribution in [0.5, 0.6) is 0 Å². The van der Waals surface area contributed by atoms with Crippen LogP contribution in [0.2, 0.25) is 0 Å². The van der Waals surface area contributed by atoms with E-state index in [1.54, 1.807) is 13.0 Å². The molecular formula is C25H37ClFN3. The lowest BCUT2D eigenvalue weighted by Crippen LogP contribution is -2.20. The van der Waals surface area contributed by atoms with Crippen molar-refractivity contribution < 1.29 is 4.39 Å². The van der Waals surface area contributed by atoms with Crippen LogP contribution in [0, 0.1) is 12.7 Å². The second-order valence-corrected chi connectivity index (χ2v) is 6.92. The van der Waals surface area contributed by atoms with Gasteiger partial charge in [0.15, 0.2) is 0 Å². The van der Waals surface area contributed by atoms with Gasteiger partial charge in [-0.2, -0.15) is 5.10 Å². The summed E-state index contributed by atoms with van der Waals surface area (Å²) in [6.07, 6.45) is 12.2. The average Bonchev–Trinajstić information content (AvgIpc) is 2.75. The molecular weight excluding hydrogens is 397 g/mol. The van der Waals surface area contributed by atoms with Crippen LogP contribution in [0.15, 0.2) is 70.0 Å². The molecule has 0 aromatic heterocycles. The fourth-order valence-corrected chi connectivity index (χ4v) is 2.69. The van der Waals surface area contributed by atoms with Gasteiger partial charge < -0.3 is 5.32 Å². The Morgan fingerprint density at radius 1 is 1.23 bits per heavy atom. The van der Waals surface area contributed by atoms with Crippen molar-refractivity contribution in [3.8, 4) is 0 Å².